The second kappa shape index (κ2) is 6.72. The van der Waals surface area contributed by atoms with Gasteiger partial charge in [0.05, 0.1) is 17.9 Å². The first-order valence-corrected chi connectivity index (χ1v) is 7.02. The van der Waals surface area contributed by atoms with E-state index in [4.69, 9.17) is 15.2 Å². The van der Waals surface area contributed by atoms with Gasteiger partial charge in [-0.3, -0.25) is 4.79 Å². The third kappa shape index (κ3) is 3.71. The Bertz CT molecular complexity index is 462. The van der Waals surface area contributed by atoms with E-state index >= 15 is 0 Å². The monoisotopic (exact) mass is 278 g/mol. The highest BCUT2D eigenvalue weighted by Crippen LogP contribution is 2.26. The van der Waals surface area contributed by atoms with Crippen LogP contribution in [0.15, 0.2) is 24.3 Å². The molecule has 1 aromatic rings. The minimum Gasteiger partial charge on any atom is -0.489 e. The maximum Gasteiger partial charge on any atom is 0.253 e. The number of benzene rings is 1. The van der Waals surface area contributed by atoms with E-state index in [1.807, 2.05) is 38.1 Å². The zero-order valence-electron chi connectivity index (χ0n) is 12.0. The number of carbonyl (C=O) groups excluding carboxylic acids is 1. The fourth-order valence-electron chi connectivity index (χ4n) is 2.21. The molecule has 0 aromatic heterocycles. The van der Waals surface area contributed by atoms with Gasteiger partial charge in [-0.25, -0.2) is 0 Å². The molecular weight excluding hydrogens is 256 g/mol. The van der Waals surface area contributed by atoms with Crippen molar-refractivity contribution in [3.63, 3.8) is 0 Å². The Morgan fingerprint density at radius 2 is 2.20 bits per heavy atom. The molecule has 0 aliphatic carbocycles. The van der Waals surface area contributed by atoms with Gasteiger partial charge in [-0.05, 0) is 38.8 Å². The molecule has 2 atom stereocenters. The molecule has 1 heterocycles. The van der Waals surface area contributed by atoms with Crippen molar-refractivity contribution in [2.24, 2.45) is 5.73 Å². The number of hydrogen-bond donors (Lipinski definition) is 2. The average molecular weight is 278 g/mol. The predicted molar refractivity (Wildman–Crippen MR) is 77.8 cm³/mol. The van der Waals surface area contributed by atoms with Gasteiger partial charge < -0.3 is 20.5 Å². The molecule has 1 amide bonds. The molecule has 20 heavy (non-hydrogen) atoms. The molecule has 110 valence electrons. The molecule has 5 heteroatoms. The number of hydrogen-bond acceptors (Lipinski definition) is 4. The van der Waals surface area contributed by atoms with Crippen LogP contribution < -0.4 is 15.8 Å². The Balaban J connectivity index is 2.01. The largest absolute Gasteiger partial charge is 0.489 e. The maximum atomic E-state index is 12.2. The van der Waals surface area contributed by atoms with Crippen LogP contribution >= 0.6 is 0 Å². The van der Waals surface area contributed by atoms with Crippen molar-refractivity contribution >= 4 is 11.6 Å². The second-order valence-electron chi connectivity index (χ2n) is 5.21. The molecule has 1 aliphatic rings. The molecule has 3 N–H and O–H groups in total. The molecule has 0 saturated carbocycles. The maximum absolute atomic E-state index is 12.2. The molecule has 0 radical (unpaired) electrons. The number of ether oxygens (including phenoxy) is 2. The van der Waals surface area contributed by atoms with Gasteiger partial charge in [-0.2, -0.15) is 0 Å². The minimum atomic E-state index is -0.421. The topological polar surface area (TPSA) is 73.6 Å². The SMILES string of the molecule is CC(C)Oc1ccccc1NC(=O)[C@@H]1CC[C@H](CN)O1. The molecule has 1 fully saturated rings. The molecule has 5 nitrogen and oxygen atoms in total. The predicted octanol–water partition coefficient (Wildman–Crippen LogP) is 1.92. The molecule has 2 rings (SSSR count). The van der Waals surface area contributed by atoms with Crippen LogP contribution in [0.4, 0.5) is 5.69 Å². The summed E-state index contributed by atoms with van der Waals surface area (Å²) in [7, 11) is 0. The Hall–Kier alpha value is -1.59. The van der Waals surface area contributed by atoms with Crippen molar-refractivity contribution < 1.29 is 14.3 Å². The summed E-state index contributed by atoms with van der Waals surface area (Å²) in [6.07, 6.45) is 1.17. The van der Waals surface area contributed by atoms with Crippen LogP contribution in [-0.4, -0.2) is 30.8 Å². The van der Waals surface area contributed by atoms with Crippen molar-refractivity contribution in [3.05, 3.63) is 24.3 Å². The first-order chi connectivity index (χ1) is 9.60. The summed E-state index contributed by atoms with van der Waals surface area (Å²) in [5, 5.41) is 2.87. The summed E-state index contributed by atoms with van der Waals surface area (Å²) in [5.74, 6) is 0.532. The number of nitrogens with one attached hydrogen (secondary N) is 1. The first kappa shape index (κ1) is 14.8. The Labute approximate surface area is 119 Å². The highest BCUT2D eigenvalue weighted by atomic mass is 16.5. The van der Waals surface area contributed by atoms with E-state index in [0.717, 1.165) is 6.42 Å². The van der Waals surface area contributed by atoms with Gasteiger partial charge in [0.1, 0.15) is 11.9 Å². The van der Waals surface area contributed by atoms with E-state index in [1.54, 1.807) is 0 Å². The van der Waals surface area contributed by atoms with Crippen LogP contribution in [0.5, 0.6) is 5.75 Å². The van der Waals surface area contributed by atoms with Crippen LogP contribution in [0, 0.1) is 0 Å². The lowest BCUT2D eigenvalue weighted by Gasteiger charge is -2.17. The third-order valence-corrected chi connectivity index (χ3v) is 3.17. The number of amides is 1. The third-order valence-electron chi connectivity index (χ3n) is 3.17. The van der Waals surface area contributed by atoms with E-state index in [2.05, 4.69) is 5.32 Å². The lowest BCUT2D eigenvalue weighted by Crippen LogP contribution is -2.30. The van der Waals surface area contributed by atoms with Crippen molar-refractivity contribution in [1.29, 1.82) is 0 Å². The number of nitrogens with two attached hydrogens (primary N) is 1. The molecule has 1 saturated heterocycles. The van der Waals surface area contributed by atoms with Gasteiger partial charge in [0.25, 0.3) is 5.91 Å². The van der Waals surface area contributed by atoms with Gasteiger partial charge in [-0.15, -0.1) is 0 Å². The van der Waals surface area contributed by atoms with Crippen LogP contribution in [0.3, 0.4) is 0 Å². The molecular formula is C15H22N2O3. The molecule has 0 unspecified atom stereocenters. The summed E-state index contributed by atoms with van der Waals surface area (Å²) < 4.78 is 11.3. The summed E-state index contributed by atoms with van der Waals surface area (Å²) in [6.45, 7) is 4.35. The van der Waals surface area contributed by atoms with Gasteiger partial charge >= 0.3 is 0 Å². The molecule has 0 spiro atoms. The quantitative estimate of drug-likeness (QED) is 0.863. The van der Waals surface area contributed by atoms with Crippen LogP contribution in [-0.2, 0) is 9.53 Å². The first-order valence-electron chi connectivity index (χ1n) is 7.02. The number of rotatable bonds is 5. The number of para-hydroxylation sites is 2. The number of anilines is 1. The van der Waals surface area contributed by atoms with Crippen LogP contribution in [0.2, 0.25) is 0 Å². The minimum absolute atomic E-state index is 0.00657. The Kier molecular flexibility index (Phi) is 4.98. The molecule has 1 aliphatic heterocycles. The number of carbonyl (C=O) groups is 1. The zero-order valence-corrected chi connectivity index (χ0v) is 12.0. The smallest absolute Gasteiger partial charge is 0.253 e. The summed E-state index contributed by atoms with van der Waals surface area (Å²) in [6, 6.07) is 7.41. The van der Waals surface area contributed by atoms with E-state index in [9.17, 15) is 4.79 Å². The van der Waals surface area contributed by atoms with E-state index in [1.165, 1.54) is 0 Å². The molecule has 0 bridgehead atoms. The fourth-order valence-corrected chi connectivity index (χ4v) is 2.21. The summed E-state index contributed by atoms with van der Waals surface area (Å²) in [4.78, 5) is 12.2. The van der Waals surface area contributed by atoms with Gasteiger partial charge in [-0.1, -0.05) is 12.1 Å². The van der Waals surface area contributed by atoms with E-state index in [-0.39, 0.29) is 18.1 Å². The van der Waals surface area contributed by atoms with Crippen molar-refractivity contribution in [2.75, 3.05) is 11.9 Å². The fraction of sp³-hybridized carbons (Fsp3) is 0.533. The Morgan fingerprint density at radius 3 is 2.85 bits per heavy atom. The Morgan fingerprint density at radius 1 is 1.45 bits per heavy atom. The standard InChI is InChI=1S/C15H22N2O3/c1-10(2)19-13-6-4-3-5-12(13)17-15(18)14-8-7-11(9-16)20-14/h3-6,10-11,14H,7-9,16H2,1-2H3,(H,17,18)/t11-,14+/m1/s1. The van der Waals surface area contributed by atoms with Gasteiger partial charge in [0, 0.05) is 6.54 Å². The van der Waals surface area contributed by atoms with Crippen molar-refractivity contribution in [2.45, 2.75) is 45.0 Å². The average Bonchev–Trinajstić information content (AvgIpc) is 2.89. The van der Waals surface area contributed by atoms with Gasteiger partial charge in [0.2, 0.25) is 0 Å². The van der Waals surface area contributed by atoms with E-state index in [0.29, 0.717) is 24.4 Å². The van der Waals surface area contributed by atoms with Crippen molar-refractivity contribution in [1.82, 2.24) is 0 Å². The lowest BCUT2D eigenvalue weighted by atomic mass is 10.2. The van der Waals surface area contributed by atoms with Gasteiger partial charge in [0.15, 0.2) is 0 Å². The zero-order chi connectivity index (χ0) is 14.5. The lowest BCUT2D eigenvalue weighted by molar-refractivity contribution is -0.126. The summed E-state index contributed by atoms with van der Waals surface area (Å²) >= 11 is 0. The normalized spacial score (nSPS) is 22.0. The molecule has 1 aromatic carbocycles. The van der Waals surface area contributed by atoms with Crippen LogP contribution in [0.1, 0.15) is 26.7 Å². The highest BCUT2D eigenvalue weighted by Gasteiger charge is 2.30. The summed E-state index contributed by atoms with van der Waals surface area (Å²) in [5.41, 5.74) is 6.22. The second-order valence-corrected chi connectivity index (χ2v) is 5.21. The van der Waals surface area contributed by atoms with Crippen molar-refractivity contribution in [3.8, 4) is 5.75 Å². The highest BCUT2D eigenvalue weighted by molar-refractivity contribution is 5.95. The van der Waals surface area contributed by atoms with Crippen LogP contribution in [0.25, 0.3) is 0 Å². The van der Waals surface area contributed by atoms with E-state index < -0.39 is 6.10 Å².